The van der Waals surface area contributed by atoms with E-state index < -0.39 is 9.51 Å². The van der Waals surface area contributed by atoms with E-state index >= 15 is 0 Å². The Morgan fingerprint density at radius 2 is 2.00 bits per heavy atom. The van der Waals surface area contributed by atoms with Gasteiger partial charge in [-0.05, 0) is 73.8 Å². The summed E-state index contributed by atoms with van der Waals surface area (Å²) in [6.45, 7) is 0. The minimum atomic E-state index is -1.63. The maximum Gasteiger partial charge on any atom is 0.264 e. The van der Waals surface area contributed by atoms with Crippen LogP contribution in [-0.4, -0.2) is 11.0 Å². The third kappa shape index (κ3) is 2.50. The number of amides is 1. The van der Waals surface area contributed by atoms with E-state index in [0.717, 1.165) is 7.14 Å². The lowest BCUT2D eigenvalue weighted by Crippen LogP contribution is -2.36. The van der Waals surface area contributed by atoms with E-state index in [2.05, 4.69) is 45.2 Å². The molecule has 0 bridgehead atoms. The first-order chi connectivity index (χ1) is 6.37. The Balaban J connectivity index is 3.33. The van der Waals surface area contributed by atoms with Gasteiger partial charge in [-0.1, -0.05) is 12.1 Å². The van der Waals surface area contributed by atoms with Crippen molar-refractivity contribution in [1.29, 1.82) is 0 Å². The molecule has 76 valence electrons. The molecule has 0 fully saturated rings. The zero-order valence-electron chi connectivity index (χ0n) is 6.80. The summed E-state index contributed by atoms with van der Waals surface area (Å²) in [6.07, 6.45) is 0. The van der Waals surface area contributed by atoms with Crippen LogP contribution in [0.3, 0.4) is 0 Å². The smallest absolute Gasteiger partial charge is 0.264 e. The number of hydrogen-bond acceptors (Lipinski definition) is 2. The van der Waals surface area contributed by atoms with E-state index in [1.807, 2.05) is 6.07 Å². The molecule has 1 unspecified atom stereocenters. The van der Waals surface area contributed by atoms with Crippen LogP contribution in [0.5, 0.6) is 0 Å². The van der Waals surface area contributed by atoms with Gasteiger partial charge in [-0.2, -0.15) is 0 Å². The average molecular weight is 529 g/mol. The maximum absolute atomic E-state index is 11.0. The average Bonchev–Trinajstić information content (AvgIpc) is 2.09. The monoisotopic (exact) mass is 529 g/mol. The Hall–Kier alpha value is 0.840. The molecule has 1 aromatic carbocycles. The van der Waals surface area contributed by atoms with Crippen LogP contribution in [0.15, 0.2) is 18.2 Å². The number of hydrogen-bond donors (Lipinski definition) is 2. The molecule has 1 atom stereocenters. The van der Waals surface area contributed by atoms with Gasteiger partial charge < -0.3 is 10.8 Å². The van der Waals surface area contributed by atoms with Crippen molar-refractivity contribution in [2.24, 2.45) is 5.73 Å². The molecule has 3 nitrogen and oxygen atoms in total. The van der Waals surface area contributed by atoms with E-state index in [9.17, 15) is 9.90 Å². The fraction of sp³-hybridized carbons (Fsp3) is 0.125. The summed E-state index contributed by atoms with van der Waals surface area (Å²) in [5.74, 6) is -0.752. The molecular formula is C8H6I3NO2. The van der Waals surface area contributed by atoms with Gasteiger partial charge in [0, 0.05) is 12.7 Å². The van der Waals surface area contributed by atoms with Gasteiger partial charge in [0.1, 0.15) is 0 Å². The van der Waals surface area contributed by atoms with Crippen molar-refractivity contribution in [3.8, 4) is 0 Å². The zero-order chi connectivity index (χ0) is 10.9. The number of alkyl halides is 1. The van der Waals surface area contributed by atoms with Gasteiger partial charge in [0.2, 0.25) is 3.61 Å². The lowest BCUT2D eigenvalue weighted by Gasteiger charge is -2.19. The number of nitrogens with two attached hydrogens (primary N) is 1. The molecular weight excluding hydrogens is 523 g/mol. The predicted molar refractivity (Wildman–Crippen MR) is 79.0 cm³/mol. The molecule has 0 heterocycles. The summed E-state index contributed by atoms with van der Waals surface area (Å²) in [5, 5.41) is 9.87. The van der Waals surface area contributed by atoms with Gasteiger partial charge in [0.25, 0.3) is 5.91 Å². The maximum atomic E-state index is 11.0. The SMILES string of the molecule is NC(=O)C(O)(I)c1cccc(I)c1I. The molecule has 0 aromatic heterocycles. The third-order valence-electron chi connectivity index (χ3n) is 1.64. The van der Waals surface area contributed by atoms with Crippen LogP contribution in [0.25, 0.3) is 0 Å². The Bertz CT molecular complexity index is 379. The van der Waals surface area contributed by atoms with E-state index in [4.69, 9.17) is 5.73 Å². The molecule has 0 saturated carbocycles. The summed E-state index contributed by atoms with van der Waals surface area (Å²) >= 11 is 5.87. The number of aliphatic hydroxyl groups is 1. The Labute approximate surface area is 122 Å². The van der Waals surface area contributed by atoms with Crippen LogP contribution in [0.4, 0.5) is 0 Å². The molecule has 1 amide bonds. The molecule has 0 aliphatic heterocycles. The molecule has 1 aromatic rings. The Kier molecular flexibility index (Phi) is 4.41. The van der Waals surface area contributed by atoms with Crippen molar-refractivity contribution in [3.63, 3.8) is 0 Å². The first-order valence-corrected chi connectivity index (χ1v) is 6.76. The van der Waals surface area contributed by atoms with E-state index in [-0.39, 0.29) is 0 Å². The second-order valence-corrected chi connectivity index (χ2v) is 6.39. The summed E-state index contributed by atoms with van der Waals surface area (Å²) < 4.78 is 0.202. The minimum Gasteiger partial charge on any atom is -0.368 e. The fourth-order valence-electron chi connectivity index (χ4n) is 0.892. The number of carbonyl (C=O) groups excluding carboxylic acids is 1. The predicted octanol–water partition coefficient (Wildman–Crippen LogP) is 1.96. The number of primary amides is 1. The van der Waals surface area contributed by atoms with Gasteiger partial charge in [0.05, 0.1) is 0 Å². The van der Waals surface area contributed by atoms with Crippen molar-refractivity contribution in [3.05, 3.63) is 30.9 Å². The highest BCUT2D eigenvalue weighted by molar-refractivity contribution is 14.1. The summed E-state index contributed by atoms with van der Waals surface area (Å²) in [7, 11) is 0. The Morgan fingerprint density at radius 1 is 1.43 bits per heavy atom. The van der Waals surface area contributed by atoms with Crippen molar-refractivity contribution >= 4 is 73.7 Å². The van der Waals surface area contributed by atoms with Crippen LogP contribution in [0.1, 0.15) is 5.56 Å². The highest BCUT2D eigenvalue weighted by Crippen LogP contribution is 2.33. The Morgan fingerprint density at radius 3 is 2.50 bits per heavy atom. The normalized spacial score (nSPS) is 14.9. The molecule has 6 heteroatoms. The van der Waals surface area contributed by atoms with Crippen molar-refractivity contribution in [2.75, 3.05) is 0 Å². The molecule has 0 spiro atoms. The lowest BCUT2D eigenvalue weighted by atomic mass is 10.1. The van der Waals surface area contributed by atoms with Gasteiger partial charge in [-0.25, -0.2) is 0 Å². The molecule has 3 N–H and O–H groups in total. The topological polar surface area (TPSA) is 63.3 Å². The second-order valence-electron chi connectivity index (χ2n) is 2.59. The van der Waals surface area contributed by atoms with Crippen molar-refractivity contribution in [2.45, 2.75) is 3.61 Å². The lowest BCUT2D eigenvalue weighted by molar-refractivity contribution is -0.127. The molecule has 1 rings (SSSR count). The largest absolute Gasteiger partial charge is 0.368 e. The van der Waals surface area contributed by atoms with Crippen LogP contribution >= 0.6 is 67.8 Å². The summed E-state index contributed by atoms with van der Waals surface area (Å²) in [6, 6.07) is 5.38. The third-order valence-corrected chi connectivity index (χ3v) is 5.84. The van der Waals surface area contributed by atoms with E-state index in [1.165, 1.54) is 0 Å². The van der Waals surface area contributed by atoms with Crippen molar-refractivity contribution < 1.29 is 9.90 Å². The van der Waals surface area contributed by atoms with Crippen LogP contribution < -0.4 is 5.73 Å². The van der Waals surface area contributed by atoms with E-state index in [0.29, 0.717) is 5.56 Å². The fourth-order valence-corrected chi connectivity index (χ4v) is 3.11. The number of carbonyl (C=O) groups is 1. The molecule has 14 heavy (non-hydrogen) atoms. The molecule has 0 radical (unpaired) electrons. The first kappa shape index (κ1) is 12.9. The van der Waals surface area contributed by atoms with Crippen LogP contribution in [0.2, 0.25) is 0 Å². The first-order valence-electron chi connectivity index (χ1n) is 3.53. The number of benzene rings is 1. The van der Waals surface area contributed by atoms with Crippen LogP contribution in [-0.2, 0) is 8.40 Å². The van der Waals surface area contributed by atoms with Crippen molar-refractivity contribution in [1.82, 2.24) is 0 Å². The zero-order valence-corrected chi connectivity index (χ0v) is 13.3. The summed E-state index contributed by atoms with van der Waals surface area (Å²) in [5.41, 5.74) is 5.66. The molecule has 0 saturated heterocycles. The highest BCUT2D eigenvalue weighted by atomic mass is 127. The quantitative estimate of drug-likeness (QED) is 0.455. The molecule has 0 aliphatic carbocycles. The van der Waals surface area contributed by atoms with Gasteiger partial charge in [-0.15, -0.1) is 0 Å². The van der Waals surface area contributed by atoms with Gasteiger partial charge in [0.15, 0.2) is 0 Å². The molecule has 0 aliphatic rings. The number of rotatable bonds is 2. The van der Waals surface area contributed by atoms with E-state index in [1.54, 1.807) is 34.7 Å². The summed E-state index contributed by atoms with van der Waals surface area (Å²) in [4.78, 5) is 11.0. The van der Waals surface area contributed by atoms with Crippen LogP contribution in [0, 0.1) is 7.14 Å². The van der Waals surface area contributed by atoms with Gasteiger partial charge in [-0.3, -0.25) is 4.79 Å². The number of halogens is 3. The second kappa shape index (κ2) is 4.78. The standard InChI is InChI=1S/C8H6I3NO2/c9-5-3-1-2-4(6(5)10)8(11,14)7(12)13/h1-3,14H,(H2,12,13). The minimum absolute atomic E-state index is 0.540. The highest BCUT2D eigenvalue weighted by Gasteiger charge is 2.34. The van der Waals surface area contributed by atoms with Gasteiger partial charge >= 0.3 is 0 Å².